The summed E-state index contributed by atoms with van der Waals surface area (Å²) in [6.45, 7) is 6.45. The standard InChI is InChI=1S/C76H130O6/c1-4-7-10-13-16-19-22-25-27-29-31-32-33-34-35-36-37-38-39-40-41-42-43-44-46-47-49-51-54-57-60-63-66-69-75(78)81-72-73(71-80-74(77)68-65-62-59-56-53-24-21-18-15-12-9-6-3)82-76(79)70-67-64-61-58-55-52-50-48-45-30-28-26-23-20-17-14-11-8-5-2/h8,11,17-18,20-22,25-26,28-29,31,45,48,52,55,61,64,73H,4-7,9-10,12-16,19,23-24,27,30,32-44,46-47,49-51,53-54,56-60,62-63,65-72H2,1-3H3/b11-8-,20-17-,21-18-,25-22-,28-26-,31-29-,48-45-,55-52-,64-61-. The lowest BCUT2D eigenvalue weighted by Gasteiger charge is -2.18. The monoisotopic (exact) mass is 1140 g/mol. The highest BCUT2D eigenvalue weighted by molar-refractivity contribution is 5.71. The summed E-state index contributed by atoms with van der Waals surface area (Å²) in [5, 5.41) is 0. The fourth-order valence-electron chi connectivity index (χ4n) is 9.79. The van der Waals surface area contributed by atoms with Gasteiger partial charge >= 0.3 is 17.9 Å². The van der Waals surface area contributed by atoms with Crippen LogP contribution in [0.15, 0.2) is 109 Å². The largest absolute Gasteiger partial charge is 0.462 e. The molecule has 0 amide bonds. The van der Waals surface area contributed by atoms with Crippen molar-refractivity contribution in [2.24, 2.45) is 0 Å². The van der Waals surface area contributed by atoms with Crippen LogP contribution in [-0.4, -0.2) is 37.2 Å². The van der Waals surface area contributed by atoms with Crippen molar-refractivity contribution in [1.29, 1.82) is 0 Å². The van der Waals surface area contributed by atoms with Crippen molar-refractivity contribution < 1.29 is 28.6 Å². The Labute approximate surface area is 508 Å². The van der Waals surface area contributed by atoms with Crippen molar-refractivity contribution in [1.82, 2.24) is 0 Å². The van der Waals surface area contributed by atoms with Crippen LogP contribution in [0, 0.1) is 0 Å². The lowest BCUT2D eigenvalue weighted by atomic mass is 10.0. The number of rotatable bonds is 63. The van der Waals surface area contributed by atoms with Crippen molar-refractivity contribution in [3.8, 4) is 0 Å². The second kappa shape index (κ2) is 69.6. The van der Waals surface area contributed by atoms with Crippen LogP contribution < -0.4 is 0 Å². The topological polar surface area (TPSA) is 78.9 Å². The molecule has 0 aliphatic carbocycles. The molecule has 0 rings (SSSR count). The molecule has 0 heterocycles. The second-order valence-electron chi connectivity index (χ2n) is 23.1. The van der Waals surface area contributed by atoms with E-state index in [1.807, 2.05) is 6.08 Å². The van der Waals surface area contributed by atoms with Gasteiger partial charge in [-0.05, 0) is 116 Å². The predicted octanol–water partition coefficient (Wildman–Crippen LogP) is 24.2. The van der Waals surface area contributed by atoms with Crippen LogP contribution in [0.25, 0.3) is 0 Å². The van der Waals surface area contributed by atoms with E-state index in [1.54, 1.807) is 0 Å². The van der Waals surface area contributed by atoms with Crippen LogP contribution in [0.5, 0.6) is 0 Å². The van der Waals surface area contributed by atoms with E-state index in [4.69, 9.17) is 14.2 Å². The summed E-state index contributed by atoms with van der Waals surface area (Å²) >= 11 is 0. The Kier molecular flexibility index (Phi) is 66.2. The molecule has 6 heteroatoms. The molecule has 0 spiro atoms. The van der Waals surface area contributed by atoms with Gasteiger partial charge in [0.25, 0.3) is 0 Å². The Balaban J connectivity index is 4.22. The van der Waals surface area contributed by atoms with Gasteiger partial charge in [-0.3, -0.25) is 14.4 Å². The molecule has 1 atom stereocenters. The first-order valence-electron chi connectivity index (χ1n) is 34.9. The fraction of sp³-hybridized carbons (Fsp3) is 0.724. The minimum atomic E-state index is -0.823. The number of carbonyl (C=O) groups excluding carboxylic acids is 3. The first-order valence-corrected chi connectivity index (χ1v) is 34.9. The zero-order valence-electron chi connectivity index (χ0n) is 54.0. The molecular weight excluding hydrogens is 1010 g/mol. The third kappa shape index (κ3) is 66.9. The molecule has 82 heavy (non-hydrogen) atoms. The molecule has 0 N–H and O–H groups in total. The van der Waals surface area contributed by atoms with Gasteiger partial charge in [0.2, 0.25) is 0 Å². The van der Waals surface area contributed by atoms with Gasteiger partial charge in [-0.15, -0.1) is 0 Å². The molecule has 0 saturated heterocycles. The van der Waals surface area contributed by atoms with Gasteiger partial charge < -0.3 is 14.2 Å². The molecule has 0 bridgehead atoms. The summed E-state index contributed by atoms with van der Waals surface area (Å²) in [7, 11) is 0. The lowest BCUT2D eigenvalue weighted by Crippen LogP contribution is -2.30. The molecular formula is C76H130O6. The Morgan fingerprint density at radius 2 is 0.500 bits per heavy atom. The van der Waals surface area contributed by atoms with E-state index in [1.165, 1.54) is 193 Å². The average Bonchev–Trinajstić information content (AvgIpc) is 3.47. The first kappa shape index (κ1) is 78.1. The molecule has 0 aliphatic heterocycles. The van der Waals surface area contributed by atoms with Crippen LogP contribution in [0.2, 0.25) is 0 Å². The van der Waals surface area contributed by atoms with Crippen LogP contribution in [0.1, 0.15) is 335 Å². The highest BCUT2D eigenvalue weighted by Gasteiger charge is 2.19. The second-order valence-corrected chi connectivity index (χ2v) is 23.1. The quantitative estimate of drug-likeness (QED) is 0.0261. The molecule has 1 unspecified atom stereocenters. The molecule has 0 aliphatic rings. The molecule has 0 fully saturated rings. The molecule has 0 saturated carbocycles. The van der Waals surface area contributed by atoms with Crippen LogP contribution in [-0.2, 0) is 28.6 Å². The Morgan fingerprint density at radius 3 is 0.829 bits per heavy atom. The van der Waals surface area contributed by atoms with Crippen molar-refractivity contribution in [2.45, 2.75) is 341 Å². The SMILES string of the molecule is CC/C=C\C/C=C\C/C=C\C/C=C\C/C=C\C/C=C\CCC(=O)OC(COC(=O)CCCCCCC/C=C\CCCCC)COC(=O)CCCCCCCCCCCCCCCCCCCCCCC/C=C\C/C=C\CCCCCCC. The Hall–Kier alpha value is -3.93. The summed E-state index contributed by atoms with van der Waals surface area (Å²) in [5.41, 5.74) is 0. The lowest BCUT2D eigenvalue weighted by molar-refractivity contribution is -0.166. The Morgan fingerprint density at radius 1 is 0.256 bits per heavy atom. The normalized spacial score (nSPS) is 12.8. The molecule has 470 valence electrons. The van der Waals surface area contributed by atoms with Crippen molar-refractivity contribution in [3.05, 3.63) is 109 Å². The summed E-state index contributed by atoms with van der Waals surface area (Å²) < 4.78 is 16.8. The number of unbranched alkanes of at least 4 members (excludes halogenated alkanes) is 34. The number of hydrogen-bond donors (Lipinski definition) is 0. The predicted molar refractivity (Wildman–Crippen MR) is 357 cm³/mol. The summed E-state index contributed by atoms with van der Waals surface area (Å²) in [6.07, 6.45) is 95.8. The third-order valence-corrected chi connectivity index (χ3v) is 15.0. The molecule has 0 aromatic carbocycles. The summed E-state index contributed by atoms with van der Waals surface area (Å²) in [4.78, 5) is 38.3. The maximum Gasteiger partial charge on any atom is 0.306 e. The van der Waals surface area contributed by atoms with Crippen molar-refractivity contribution >= 4 is 17.9 Å². The highest BCUT2D eigenvalue weighted by Crippen LogP contribution is 2.17. The summed E-state index contributed by atoms with van der Waals surface area (Å²) in [6, 6.07) is 0. The maximum absolute atomic E-state index is 12.9. The smallest absolute Gasteiger partial charge is 0.306 e. The van der Waals surface area contributed by atoms with Gasteiger partial charge in [-0.1, -0.05) is 310 Å². The van der Waals surface area contributed by atoms with Gasteiger partial charge in [-0.25, -0.2) is 0 Å². The van der Waals surface area contributed by atoms with Crippen molar-refractivity contribution in [3.63, 3.8) is 0 Å². The van der Waals surface area contributed by atoms with E-state index in [9.17, 15) is 14.4 Å². The van der Waals surface area contributed by atoms with Crippen LogP contribution in [0.3, 0.4) is 0 Å². The number of carbonyl (C=O) groups is 3. The Bertz CT molecular complexity index is 1640. The number of esters is 3. The fourth-order valence-corrected chi connectivity index (χ4v) is 9.79. The van der Waals surface area contributed by atoms with E-state index in [-0.39, 0.29) is 31.6 Å². The van der Waals surface area contributed by atoms with Crippen LogP contribution >= 0.6 is 0 Å². The van der Waals surface area contributed by atoms with Gasteiger partial charge in [0.15, 0.2) is 6.10 Å². The number of ether oxygens (including phenoxy) is 3. The minimum Gasteiger partial charge on any atom is -0.462 e. The van der Waals surface area contributed by atoms with E-state index >= 15 is 0 Å². The molecule has 0 aromatic rings. The van der Waals surface area contributed by atoms with E-state index in [2.05, 4.69) is 124 Å². The van der Waals surface area contributed by atoms with Gasteiger partial charge in [0, 0.05) is 19.3 Å². The van der Waals surface area contributed by atoms with E-state index < -0.39 is 12.1 Å². The summed E-state index contributed by atoms with van der Waals surface area (Å²) in [5.74, 6) is -0.994. The molecule has 0 aromatic heterocycles. The molecule has 6 nitrogen and oxygen atoms in total. The number of hydrogen-bond acceptors (Lipinski definition) is 6. The molecule has 0 radical (unpaired) electrons. The average molecular weight is 1140 g/mol. The van der Waals surface area contributed by atoms with E-state index in [0.29, 0.717) is 19.3 Å². The van der Waals surface area contributed by atoms with E-state index in [0.717, 1.165) is 96.3 Å². The zero-order valence-corrected chi connectivity index (χ0v) is 54.0. The third-order valence-electron chi connectivity index (χ3n) is 15.0. The minimum absolute atomic E-state index is 0.109. The zero-order chi connectivity index (χ0) is 59.2. The van der Waals surface area contributed by atoms with Crippen LogP contribution in [0.4, 0.5) is 0 Å². The highest BCUT2D eigenvalue weighted by atomic mass is 16.6. The first-order chi connectivity index (χ1) is 40.5. The van der Waals surface area contributed by atoms with Gasteiger partial charge in [-0.2, -0.15) is 0 Å². The maximum atomic E-state index is 12.9. The van der Waals surface area contributed by atoms with Crippen molar-refractivity contribution in [2.75, 3.05) is 13.2 Å². The van der Waals surface area contributed by atoms with Gasteiger partial charge in [0.05, 0.1) is 0 Å². The van der Waals surface area contributed by atoms with Gasteiger partial charge in [0.1, 0.15) is 13.2 Å². The number of allylic oxidation sites excluding steroid dienone is 18.